The number of aromatic nitrogens is 1. The Kier molecular flexibility index (Phi) is 5.31. The van der Waals surface area contributed by atoms with Crippen LogP contribution >= 0.6 is 22.9 Å². The number of rotatable bonds is 5. The van der Waals surface area contributed by atoms with Gasteiger partial charge in [0.15, 0.2) is 0 Å². The molecule has 1 aromatic heterocycles. The van der Waals surface area contributed by atoms with Crippen molar-refractivity contribution in [1.29, 1.82) is 0 Å². The average molecular weight is 376 g/mol. The Morgan fingerprint density at radius 1 is 1.24 bits per heavy atom. The van der Waals surface area contributed by atoms with Gasteiger partial charge in [-0.3, -0.25) is 4.79 Å². The van der Waals surface area contributed by atoms with E-state index in [2.05, 4.69) is 15.6 Å². The minimum absolute atomic E-state index is 0.0150. The molecule has 0 aliphatic rings. The van der Waals surface area contributed by atoms with Gasteiger partial charge in [-0.2, -0.15) is 0 Å². The summed E-state index contributed by atoms with van der Waals surface area (Å²) in [5, 5.41) is 8.68. The van der Waals surface area contributed by atoms with Gasteiger partial charge in [-0.15, -0.1) is 11.3 Å². The molecule has 0 saturated heterocycles. The highest BCUT2D eigenvalue weighted by Crippen LogP contribution is 2.24. The quantitative estimate of drug-likeness (QED) is 0.662. The summed E-state index contributed by atoms with van der Waals surface area (Å²) in [7, 11) is 0. The molecule has 3 aromatic rings. The first kappa shape index (κ1) is 17.4. The lowest BCUT2D eigenvalue weighted by atomic mass is 10.1. The maximum Gasteiger partial charge on any atom is 0.243 e. The second-order valence-electron chi connectivity index (χ2n) is 5.36. The first-order chi connectivity index (χ1) is 12.0. The average Bonchev–Trinajstić information content (AvgIpc) is 3.03. The molecule has 0 atom stereocenters. The van der Waals surface area contributed by atoms with Crippen molar-refractivity contribution in [2.75, 3.05) is 17.2 Å². The van der Waals surface area contributed by atoms with Gasteiger partial charge in [-0.05, 0) is 37.3 Å². The van der Waals surface area contributed by atoms with Crippen molar-refractivity contribution < 1.29 is 9.18 Å². The van der Waals surface area contributed by atoms with E-state index < -0.39 is 5.82 Å². The zero-order chi connectivity index (χ0) is 17.8. The van der Waals surface area contributed by atoms with Gasteiger partial charge >= 0.3 is 0 Å². The van der Waals surface area contributed by atoms with Crippen molar-refractivity contribution >= 4 is 40.2 Å². The highest BCUT2D eigenvalue weighted by Gasteiger charge is 2.07. The number of thiazole rings is 1. The minimum atomic E-state index is -0.529. The van der Waals surface area contributed by atoms with Crippen molar-refractivity contribution in [1.82, 2.24) is 4.98 Å². The summed E-state index contributed by atoms with van der Waals surface area (Å²) < 4.78 is 13.4. The van der Waals surface area contributed by atoms with E-state index in [-0.39, 0.29) is 17.5 Å². The largest absolute Gasteiger partial charge is 0.376 e. The van der Waals surface area contributed by atoms with Gasteiger partial charge in [0.2, 0.25) is 5.91 Å². The third kappa shape index (κ3) is 4.55. The number of aryl methyl sites for hydroxylation is 1. The second kappa shape index (κ2) is 7.63. The van der Waals surface area contributed by atoms with Crippen LogP contribution in [0, 0.1) is 12.7 Å². The number of halogens is 2. The number of anilines is 2. The Balaban J connectivity index is 1.62. The lowest BCUT2D eigenvalue weighted by Gasteiger charge is -2.09. The normalized spacial score (nSPS) is 10.5. The Hall–Kier alpha value is -2.44. The summed E-state index contributed by atoms with van der Waals surface area (Å²) >= 11 is 7.21. The van der Waals surface area contributed by atoms with Crippen LogP contribution in [-0.2, 0) is 4.79 Å². The zero-order valence-corrected chi connectivity index (χ0v) is 14.9. The fraction of sp³-hybridized carbons (Fsp3) is 0.111. The lowest BCUT2D eigenvalue weighted by molar-refractivity contribution is -0.114. The molecule has 0 aliphatic heterocycles. The van der Waals surface area contributed by atoms with E-state index in [1.54, 1.807) is 17.4 Å². The van der Waals surface area contributed by atoms with Crippen LogP contribution in [0.2, 0.25) is 5.02 Å². The molecule has 0 fully saturated rings. The fourth-order valence-corrected chi connectivity index (χ4v) is 2.99. The number of amides is 1. The monoisotopic (exact) mass is 375 g/mol. The fourth-order valence-electron chi connectivity index (χ4n) is 2.25. The van der Waals surface area contributed by atoms with Crippen molar-refractivity contribution in [3.63, 3.8) is 0 Å². The van der Waals surface area contributed by atoms with E-state index in [0.717, 1.165) is 16.3 Å². The molecule has 128 valence electrons. The summed E-state index contributed by atoms with van der Waals surface area (Å²) in [4.78, 5) is 16.5. The number of hydrogen-bond acceptors (Lipinski definition) is 4. The molecule has 7 heteroatoms. The van der Waals surface area contributed by atoms with E-state index in [0.29, 0.717) is 11.4 Å². The standard InChI is InChI=1S/C18H15ClFN3OS/c1-11-22-17(10-25-11)12-3-2-4-14(7-12)23-18(24)9-21-13-5-6-15(19)16(20)8-13/h2-8,10,21H,9H2,1H3,(H,23,24). The Morgan fingerprint density at radius 3 is 2.80 bits per heavy atom. The van der Waals surface area contributed by atoms with Crippen LogP contribution in [0.25, 0.3) is 11.3 Å². The summed E-state index contributed by atoms with van der Waals surface area (Å²) in [5.74, 6) is -0.764. The highest BCUT2D eigenvalue weighted by molar-refractivity contribution is 7.09. The summed E-state index contributed by atoms with van der Waals surface area (Å²) in [6, 6.07) is 11.8. The predicted octanol–water partition coefficient (Wildman–Crippen LogP) is 4.96. The van der Waals surface area contributed by atoms with Crippen LogP contribution in [0.3, 0.4) is 0 Å². The van der Waals surface area contributed by atoms with Gasteiger partial charge in [0.25, 0.3) is 0 Å². The van der Waals surface area contributed by atoms with Crippen LogP contribution in [0.4, 0.5) is 15.8 Å². The molecule has 1 amide bonds. The van der Waals surface area contributed by atoms with Crippen LogP contribution < -0.4 is 10.6 Å². The van der Waals surface area contributed by atoms with E-state index in [9.17, 15) is 9.18 Å². The zero-order valence-electron chi connectivity index (χ0n) is 13.3. The topological polar surface area (TPSA) is 54.0 Å². The van der Waals surface area contributed by atoms with E-state index in [4.69, 9.17) is 11.6 Å². The lowest BCUT2D eigenvalue weighted by Crippen LogP contribution is -2.21. The molecular formula is C18H15ClFN3OS. The molecule has 0 spiro atoms. The van der Waals surface area contributed by atoms with Crippen molar-refractivity contribution in [3.8, 4) is 11.3 Å². The van der Waals surface area contributed by atoms with Crippen LogP contribution in [0.1, 0.15) is 5.01 Å². The number of benzene rings is 2. The molecule has 0 unspecified atom stereocenters. The molecule has 2 N–H and O–H groups in total. The third-order valence-corrected chi connectivity index (χ3v) is 4.51. The minimum Gasteiger partial charge on any atom is -0.376 e. The summed E-state index contributed by atoms with van der Waals surface area (Å²) in [5.41, 5.74) is 2.99. The molecule has 2 aromatic carbocycles. The number of carbonyl (C=O) groups is 1. The van der Waals surface area contributed by atoms with E-state index in [1.165, 1.54) is 12.1 Å². The van der Waals surface area contributed by atoms with Gasteiger partial charge in [0.1, 0.15) is 5.82 Å². The molecule has 3 rings (SSSR count). The van der Waals surface area contributed by atoms with Crippen molar-refractivity contribution in [2.45, 2.75) is 6.92 Å². The number of nitrogens with zero attached hydrogens (tertiary/aromatic N) is 1. The predicted molar refractivity (Wildman–Crippen MR) is 101 cm³/mol. The van der Waals surface area contributed by atoms with Crippen molar-refractivity contribution in [2.24, 2.45) is 0 Å². The molecular weight excluding hydrogens is 361 g/mol. The molecule has 0 saturated carbocycles. The molecule has 4 nitrogen and oxygen atoms in total. The number of carbonyl (C=O) groups excluding carboxylic acids is 1. The summed E-state index contributed by atoms with van der Waals surface area (Å²) in [6.45, 7) is 1.96. The van der Waals surface area contributed by atoms with Crippen LogP contribution in [-0.4, -0.2) is 17.4 Å². The van der Waals surface area contributed by atoms with E-state index >= 15 is 0 Å². The number of nitrogens with one attached hydrogen (secondary N) is 2. The first-order valence-corrected chi connectivity index (χ1v) is 8.78. The summed E-state index contributed by atoms with van der Waals surface area (Å²) in [6.07, 6.45) is 0. The van der Waals surface area contributed by atoms with Crippen LogP contribution in [0.5, 0.6) is 0 Å². The van der Waals surface area contributed by atoms with Crippen molar-refractivity contribution in [3.05, 3.63) is 63.7 Å². The molecule has 0 radical (unpaired) electrons. The Morgan fingerprint density at radius 2 is 2.08 bits per heavy atom. The number of hydrogen-bond donors (Lipinski definition) is 2. The first-order valence-electron chi connectivity index (χ1n) is 7.52. The molecule has 0 bridgehead atoms. The smallest absolute Gasteiger partial charge is 0.243 e. The Labute approximate surface area is 153 Å². The molecule has 0 aliphatic carbocycles. The van der Waals surface area contributed by atoms with Gasteiger partial charge in [-0.1, -0.05) is 23.7 Å². The highest BCUT2D eigenvalue weighted by atomic mass is 35.5. The third-order valence-electron chi connectivity index (χ3n) is 3.43. The van der Waals surface area contributed by atoms with Gasteiger partial charge in [0, 0.05) is 22.3 Å². The maximum atomic E-state index is 13.4. The SMILES string of the molecule is Cc1nc(-c2cccc(NC(=O)CNc3ccc(Cl)c(F)c3)c2)cs1. The molecule has 1 heterocycles. The van der Waals surface area contributed by atoms with Gasteiger partial charge in [-0.25, -0.2) is 9.37 Å². The van der Waals surface area contributed by atoms with Gasteiger partial charge < -0.3 is 10.6 Å². The van der Waals surface area contributed by atoms with Crippen LogP contribution in [0.15, 0.2) is 47.8 Å². The second-order valence-corrected chi connectivity index (χ2v) is 6.83. The van der Waals surface area contributed by atoms with Gasteiger partial charge in [0.05, 0.1) is 22.3 Å². The molecule has 25 heavy (non-hydrogen) atoms. The maximum absolute atomic E-state index is 13.4. The van der Waals surface area contributed by atoms with E-state index in [1.807, 2.05) is 36.6 Å². The Bertz CT molecular complexity index is 913.